The Morgan fingerprint density at radius 1 is 1.23 bits per heavy atom. The van der Waals surface area contributed by atoms with Crippen LogP contribution in [-0.4, -0.2) is 57.2 Å². The van der Waals surface area contributed by atoms with Crippen LogP contribution in [0.4, 0.5) is 13.2 Å². The number of ether oxygens (including phenoxy) is 1. The first-order valence-electron chi connectivity index (χ1n) is 10.0. The van der Waals surface area contributed by atoms with E-state index in [4.69, 9.17) is 4.74 Å². The number of carbonyl (C=O) groups is 1. The molecule has 0 aromatic heterocycles. The third kappa shape index (κ3) is 6.53. The van der Waals surface area contributed by atoms with Crippen molar-refractivity contribution in [3.63, 3.8) is 0 Å². The maximum atomic E-state index is 12.7. The molecule has 1 aromatic rings. The lowest BCUT2D eigenvalue weighted by Gasteiger charge is -2.31. The van der Waals surface area contributed by atoms with Crippen molar-refractivity contribution >= 4 is 11.9 Å². The monoisotopic (exact) mass is 428 g/mol. The molecule has 0 heterocycles. The van der Waals surface area contributed by atoms with Gasteiger partial charge in [0.05, 0.1) is 5.41 Å². The van der Waals surface area contributed by atoms with Crippen LogP contribution in [0.1, 0.15) is 36.8 Å². The predicted octanol–water partition coefficient (Wildman–Crippen LogP) is 3.25. The van der Waals surface area contributed by atoms with Crippen LogP contribution in [0.3, 0.4) is 0 Å². The Kier molecular flexibility index (Phi) is 7.97. The Balaban J connectivity index is 2.01. The van der Waals surface area contributed by atoms with Crippen LogP contribution in [0.15, 0.2) is 23.2 Å². The Morgan fingerprint density at radius 2 is 1.90 bits per heavy atom. The molecule has 1 amide bonds. The van der Waals surface area contributed by atoms with Crippen LogP contribution in [0, 0.1) is 12.3 Å². The highest BCUT2D eigenvalue weighted by Gasteiger charge is 2.42. The lowest BCUT2D eigenvalue weighted by molar-refractivity contribution is -0.153. The Hall–Kier alpha value is -2.45. The van der Waals surface area contributed by atoms with Gasteiger partial charge in [0.2, 0.25) is 5.91 Å². The van der Waals surface area contributed by atoms with Gasteiger partial charge in [0.15, 0.2) is 12.6 Å². The van der Waals surface area contributed by atoms with Crippen molar-refractivity contribution in [1.29, 1.82) is 0 Å². The highest BCUT2D eigenvalue weighted by atomic mass is 19.4. The van der Waals surface area contributed by atoms with Crippen molar-refractivity contribution in [1.82, 2.24) is 15.5 Å². The lowest BCUT2D eigenvalue weighted by Crippen LogP contribution is -2.49. The fourth-order valence-corrected chi connectivity index (χ4v) is 3.75. The summed E-state index contributed by atoms with van der Waals surface area (Å²) in [4.78, 5) is 18.5. The van der Waals surface area contributed by atoms with E-state index in [0.29, 0.717) is 18.1 Å². The van der Waals surface area contributed by atoms with Crippen molar-refractivity contribution in [2.45, 2.75) is 45.3 Å². The molecule has 0 aliphatic heterocycles. The van der Waals surface area contributed by atoms with Gasteiger partial charge in [0.25, 0.3) is 0 Å². The Bertz CT molecular complexity index is 757. The predicted molar refractivity (Wildman–Crippen MR) is 111 cm³/mol. The van der Waals surface area contributed by atoms with E-state index in [9.17, 15) is 18.0 Å². The van der Waals surface area contributed by atoms with Crippen molar-refractivity contribution in [3.8, 4) is 5.75 Å². The topological polar surface area (TPSA) is 66.0 Å². The number of hydrogen-bond donors (Lipinski definition) is 2. The molecule has 0 atom stereocenters. The number of carbonyl (C=O) groups excluding carboxylic acids is 1. The smallest absolute Gasteiger partial charge is 0.422 e. The van der Waals surface area contributed by atoms with E-state index in [-0.39, 0.29) is 18.2 Å². The number of hydrogen-bond acceptors (Lipinski definition) is 3. The second-order valence-electron chi connectivity index (χ2n) is 7.98. The molecule has 2 rings (SSSR count). The number of aryl methyl sites for hydroxylation is 1. The largest absolute Gasteiger partial charge is 0.484 e. The molecule has 1 saturated carbocycles. The summed E-state index contributed by atoms with van der Waals surface area (Å²) in [5, 5.41) is 6.32. The normalized spacial score (nSPS) is 16.3. The molecule has 9 heteroatoms. The van der Waals surface area contributed by atoms with Crippen molar-refractivity contribution in [3.05, 3.63) is 29.3 Å². The van der Waals surface area contributed by atoms with Gasteiger partial charge in [0.1, 0.15) is 5.75 Å². The number of amides is 1. The van der Waals surface area contributed by atoms with Gasteiger partial charge in [0, 0.05) is 39.8 Å². The number of aliphatic imine (C=N–C) groups is 1. The van der Waals surface area contributed by atoms with Gasteiger partial charge in [-0.25, -0.2) is 0 Å². The minimum absolute atomic E-state index is 0.101. The summed E-state index contributed by atoms with van der Waals surface area (Å²) in [6, 6.07) is 5.13. The molecule has 0 radical (unpaired) electrons. The molecule has 0 saturated heterocycles. The van der Waals surface area contributed by atoms with E-state index in [1.54, 1.807) is 45.1 Å². The first-order valence-corrected chi connectivity index (χ1v) is 10.0. The first kappa shape index (κ1) is 23.8. The second-order valence-corrected chi connectivity index (χ2v) is 7.98. The lowest BCUT2D eigenvalue weighted by atomic mass is 9.84. The molecular weight excluding hydrogens is 397 g/mol. The zero-order valence-electron chi connectivity index (χ0n) is 18.0. The molecule has 168 valence electrons. The molecule has 0 spiro atoms. The minimum atomic E-state index is -4.40. The number of alkyl halides is 3. The molecule has 6 nitrogen and oxygen atoms in total. The van der Waals surface area contributed by atoms with Crippen LogP contribution in [0.5, 0.6) is 5.75 Å². The maximum absolute atomic E-state index is 12.7. The maximum Gasteiger partial charge on any atom is 0.422 e. The van der Waals surface area contributed by atoms with Gasteiger partial charge in [-0.1, -0.05) is 25.0 Å². The summed E-state index contributed by atoms with van der Waals surface area (Å²) in [5.74, 6) is 0.768. The van der Waals surface area contributed by atoms with Crippen molar-refractivity contribution in [2.75, 3.05) is 34.3 Å². The summed E-state index contributed by atoms with van der Waals surface area (Å²) >= 11 is 0. The van der Waals surface area contributed by atoms with Crippen molar-refractivity contribution in [2.24, 2.45) is 10.4 Å². The van der Waals surface area contributed by atoms with Crippen molar-refractivity contribution < 1.29 is 22.7 Å². The summed E-state index contributed by atoms with van der Waals surface area (Å²) in [7, 11) is 5.13. The van der Waals surface area contributed by atoms with Gasteiger partial charge in [-0.15, -0.1) is 0 Å². The van der Waals surface area contributed by atoms with Gasteiger partial charge < -0.3 is 20.3 Å². The standard InChI is InChI=1S/C21H31F3N4O2/c1-15-7-8-16(17(11-15)30-14-21(22,23)24)12-26-19(25-2)27-13-20(9-5-6-10-20)18(29)28(3)4/h7-8,11H,5-6,9-10,12-14H2,1-4H3,(H2,25,26,27). The van der Waals surface area contributed by atoms with Gasteiger partial charge in [-0.2, -0.15) is 13.2 Å². The molecule has 0 unspecified atom stereocenters. The number of nitrogens with zero attached hydrogens (tertiary/aromatic N) is 2. The highest BCUT2D eigenvalue weighted by molar-refractivity contribution is 5.85. The number of guanidine groups is 1. The van der Waals surface area contributed by atoms with Crippen LogP contribution in [0.25, 0.3) is 0 Å². The summed E-state index contributed by atoms with van der Waals surface area (Å²) < 4.78 is 42.6. The van der Waals surface area contributed by atoms with Crippen LogP contribution in [0.2, 0.25) is 0 Å². The molecule has 1 aliphatic carbocycles. The third-order valence-electron chi connectivity index (χ3n) is 5.30. The highest BCUT2D eigenvalue weighted by Crippen LogP contribution is 2.38. The number of rotatable bonds is 7. The summed E-state index contributed by atoms with van der Waals surface area (Å²) in [6.07, 6.45) is -0.740. The average molecular weight is 428 g/mol. The number of nitrogens with one attached hydrogen (secondary N) is 2. The van der Waals surface area contributed by atoms with E-state index in [1.165, 1.54) is 0 Å². The van der Waals surface area contributed by atoms with E-state index in [2.05, 4.69) is 15.6 Å². The molecule has 1 fully saturated rings. The number of halogens is 3. The molecule has 1 aliphatic rings. The molecular formula is C21H31F3N4O2. The van der Waals surface area contributed by atoms with Crippen LogP contribution >= 0.6 is 0 Å². The van der Waals surface area contributed by atoms with E-state index < -0.39 is 18.2 Å². The zero-order valence-corrected chi connectivity index (χ0v) is 18.0. The minimum Gasteiger partial charge on any atom is -0.484 e. The zero-order chi connectivity index (χ0) is 22.4. The molecule has 2 N–H and O–H groups in total. The quantitative estimate of drug-likeness (QED) is 0.517. The fourth-order valence-electron chi connectivity index (χ4n) is 3.75. The summed E-state index contributed by atoms with van der Waals surface area (Å²) in [6.45, 7) is 1.14. The Labute approximate surface area is 175 Å². The van der Waals surface area contributed by atoms with Gasteiger partial charge >= 0.3 is 6.18 Å². The molecule has 0 bridgehead atoms. The molecule has 1 aromatic carbocycles. The first-order chi connectivity index (χ1) is 14.1. The van der Waals surface area contributed by atoms with Crippen LogP contribution < -0.4 is 15.4 Å². The second kappa shape index (κ2) is 10.0. The van der Waals surface area contributed by atoms with E-state index >= 15 is 0 Å². The third-order valence-corrected chi connectivity index (χ3v) is 5.30. The van der Waals surface area contributed by atoms with Gasteiger partial charge in [-0.05, 0) is 31.4 Å². The fraction of sp³-hybridized carbons (Fsp3) is 0.619. The van der Waals surface area contributed by atoms with Crippen LogP contribution in [-0.2, 0) is 11.3 Å². The van der Waals surface area contributed by atoms with Gasteiger partial charge in [-0.3, -0.25) is 9.79 Å². The Morgan fingerprint density at radius 3 is 2.47 bits per heavy atom. The molecule has 30 heavy (non-hydrogen) atoms. The SMILES string of the molecule is CN=C(NCc1ccc(C)cc1OCC(F)(F)F)NCC1(C(=O)N(C)C)CCCC1. The van der Waals surface area contributed by atoms with E-state index in [0.717, 1.165) is 31.2 Å². The average Bonchev–Trinajstić information content (AvgIpc) is 3.16. The van der Waals surface area contributed by atoms with E-state index in [1.807, 2.05) is 6.07 Å². The summed E-state index contributed by atoms with van der Waals surface area (Å²) in [5.41, 5.74) is 0.947. The number of benzene rings is 1.